The van der Waals surface area contributed by atoms with Gasteiger partial charge in [-0.1, -0.05) is 6.08 Å². The number of carbonyl (C=O) groups is 1. The lowest BCUT2D eigenvalue weighted by Crippen LogP contribution is -2.38. The van der Waals surface area contributed by atoms with Gasteiger partial charge in [-0.2, -0.15) is 0 Å². The second kappa shape index (κ2) is 8.30. The second-order valence-electron chi connectivity index (χ2n) is 4.24. The Balaban J connectivity index is 3.50. The van der Waals surface area contributed by atoms with E-state index in [1.807, 2.05) is 19.9 Å². The number of ether oxygens (including phenoxy) is 2. The van der Waals surface area contributed by atoms with Crippen molar-refractivity contribution in [1.29, 1.82) is 0 Å². The second-order valence-corrected chi connectivity index (χ2v) is 4.24. The highest BCUT2D eigenvalue weighted by Gasteiger charge is 2.27. The molecule has 94 valence electrons. The van der Waals surface area contributed by atoms with Crippen molar-refractivity contribution in [3.8, 4) is 0 Å². The van der Waals surface area contributed by atoms with Crippen molar-refractivity contribution in [1.82, 2.24) is 5.32 Å². The molecule has 0 heterocycles. The number of rotatable bonds is 9. The largest absolute Gasteiger partial charge is 0.469 e. The lowest BCUT2D eigenvalue weighted by molar-refractivity contribution is -0.150. The summed E-state index contributed by atoms with van der Waals surface area (Å²) in [6, 6.07) is 0. The van der Waals surface area contributed by atoms with E-state index in [-0.39, 0.29) is 5.97 Å². The van der Waals surface area contributed by atoms with Crippen LogP contribution in [0.4, 0.5) is 0 Å². The molecule has 16 heavy (non-hydrogen) atoms. The zero-order valence-corrected chi connectivity index (χ0v) is 10.5. The van der Waals surface area contributed by atoms with E-state index in [0.29, 0.717) is 19.8 Å². The van der Waals surface area contributed by atoms with Crippen molar-refractivity contribution in [3.05, 3.63) is 12.7 Å². The Morgan fingerprint density at radius 2 is 2.12 bits per heavy atom. The Morgan fingerprint density at radius 3 is 2.69 bits per heavy atom. The fourth-order valence-corrected chi connectivity index (χ4v) is 1.16. The molecule has 0 atom stereocenters. The van der Waals surface area contributed by atoms with Crippen molar-refractivity contribution >= 4 is 5.97 Å². The summed E-state index contributed by atoms with van der Waals surface area (Å²) in [5, 5.41) is 3.17. The first-order chi connectivity index (χ1) is 7.54. The molecule has 0 rings (SSSR count). The number of hydrogen-bond donors (Lipinski definition) is 1. The maximum atomic E-state index is 11.3. The van der Waals surface area contributed by atoms with Crippen LogP contribution in [-0.4, -0.2) is 39.4 Å². The standard InChI is InChI=1S/C12H23NO3/c1-5-6-8-16-9-7-13-10-12(2,3)11(14)15-4/h5,13H,1,6-10H2,2-4H3. The van der Waals surface area contributed by atoms with Gasteiger partial charge in [0.15, 0.2) is 0 Å². The molecule has 0 aliphatic heterocycles. The predicted molar refractivity (Wildman–Crippen MR) is 64.3 cm³/mol. The van der Waals surface area contributed by atoms with Crippen LogP contribution in [-0.2, 0) is 14.3 Å². The Kier molecular flexibility index (Phi) is 7.85. The van der Waals surface area contributed by atoms with Crippen LogP contribution >= 0.6 is 0 Å². The van der Waals surface area contributed by atoms with Gasteiger partial charge in [0.05, 0.1) is 25.7 Å². The van der Waals surface area contributed by atoms with Crippen LogP contribution < -0.4 is 5.32 Å². The van der Waals surface area contributed by atoms with Gasteiger partial charge in [-0.05, 0) is 20.3 Å². The number of nitrogens with one attached hydrogen (secondary N) is 1. The van der Waals surface area contributed by atoms with Crippen LogP contribution in [0.25, 0.3) is 0 Å². The Bertz CT molecular complexity index is 214. The van der Waals surface area contributed by atoms with E-state index in [0.717, 1.165) is 13.0 Å². The maximum absolute atomic E-state index is 11.3. The number of methoxy groups -OCH3 is 1. The molecule has 0 saturated heterocycles. The Morgan fingerprint density at radius 1 is 1.44 bits per heavy atom. The SMILES string of the molecule is C=CCCOCCNCC(C)(C)C(=O)OC. The highest BCUT2D eigenvalue weighted by molar-refractivity contribution is 5.75. The molecule has 0 aromatic rings. The van der Waals surface area contributed by atoms with Crippen LogP contribution in [0.15, 0.2) is 12.7 Å². The molecular formula is C12H23NO3. The van der Waals surface area contributed by atoms with Gasteiger partial charge < -0.3 is 14.8 Å². The molecule has 0 aromatic heterocycles. The van der Waals surface area contributed by atoms with Crippen LogP contribution in [0, 0.1) is 5.41 Å². The van der Waals surface area contributed by atoms with E-state index in [9.17, 15) is 4.79 Å². The first-order valence-electron chi connectivity index (χ1n) is 5.52. The minimum absolute atomic E-state index is 0.201. The van der Waals surface area contributed by atoms with Gasteiger partial charge in [0.1, 0.15) is 0 Å². The highest BCUT2D eigenvalue weighted by atomic mass is 16.5. The molecule has 4 nitrogen and oxygen atoms in total. The fourth-order valence-electron chi connectivity index (χ4n) is 1.16. The van der Waals surface area contributed by atoms with E-state index in [2.05, 4.69) is 11.9 Å². The van der Waals surface area contributed by atoms with Gasteiger partial charge in [0.2, 0.25) is 0 Å². The summed E-state index contributed by atoms with van der Waals surface area (Å²) < 4.78 is 10.0. The Hall–Kier alpha value is -0.870. The molecule has 0 aliphatic carbocycles. The third-order valence-electron chi connectivity index (χ3n) is 2.19. The van der Waals surface area contributed by atoms with Crippen molar-refractivity contribution < 1.29 is 14.3 Å². The van der Waals surface area contributed by atoms with Gasteiger partial charge in [-0.15, -0.1) is 6.58 Å². The smallest absolute Gasteiger partial charge is 0.312 e. The summed E-state index contributed by atoms with van der Waals surface area (Å²) in [7, 11) is 1.41. The monoisotopic (exact) mass is 229 g/mol. The minimum atomic E-state index is -0.490. The molecular weight excluding hydrogens is 206 g/mol. The van der Waals surface area contributed by atoms with Gasteiger partial charge in [0, 0.05) is 13.1 Å². The fraction of sp³-hybridized carbons (Fsp3) is 0.750. The number of esters is 1. The molecule has 0 unspecified atom stereocenters. The molecule has 1 N–H and O–H groups in total. The first-order valence-corrected chi connectivity index (χ1v) is 5.52. The quantitative estimate of drug-likeness (QED) is 0.368. The summed E-state index contributed by atoms with van der Waals surface area (Å²) in [6.45, 7) is 9.98. The summed E-state index contributed by atoms with van der Waals surface area (Å²) in [6.07, 6.45) is 2.70. The molecule has 0 amide bonds. The molecule has 0 aliphatic rings. The summed E-state index contributed by atoms with van der Waals surface area (Å²) in [5.41, 5.74) is -0.490. The van der Waals surface area contributed by atoms with Crippen LogP contribution in [0.2, 0.25) is 0 Å². The van der Waals surface area contributed by atoms with Gasteiger partial charge in [-0.3, -0.25) is 4.79 Å². The predicted octanol–water partition coefficient (Wildman–Crippen LogP) is 1.37. The van der Waals surface area contributed by atoms with Crippen molar-refractivity contribution in [2.45, 2.75) is 20.3 Å². The van der Waals surface area contributed by atoms with Crippen molar-refractivity contribution in [2.24, 2.45) is 5.41 Å². The molecule has 0 fully saturated rings. The third kappa shape index (κ3) is 6.58. The first kappa shape index (κ1) is 15.1. The summed E-state index contributed by atoms with van der Waals surface area (Å²) in [5.74, 6) is -0.201. The number of carbonyl (C=O) groups excluding carboxylic acids is 1. The molecule has 0 aromatic carbocycles. The normalized spacial score (nSPS) is 11.2. The molecule has 0 radical (unpaired) electrons. The molecule has 0 spiro atoms. The van der Waals surface area contributed by atoms with Crippen molar-refractivity contribution in [2.75, 3.05) is 33.4 Å². The zero-order chi connectivity index (χ0) is 12.4. The average molecular weight is 229 g/mol. The van der Waals surface area contributed by atoms with E-state index >= 15 is 0 Å². The lowest BCUT2D eigenvalue weighted by Gasteiger charge is -2.21. The van der Waals surface area contributed by atoms with E-state index < -0.39 is 5.41 Å². The van der Waals surface area contributed by atoms with Crippen molar-refractivity contribution in [3.63, 3.8) is 0 Å². The topological polar surface area (TPSA) is 47.6 Å². The van der Waals surface area contributed by atoms with E-state index in [4.69, 9.17) is 9.47 Å². The highest BCUT2D eigenvalue weighted by Crippen LogP contribution is 2.14. The van der Waals surface area contributed by atoms with Gasteiger partial charge in [0.25, 0.3) is 0 Å². The average Bonchev–Trinajstić information content (AvgIpc) is 2.26. The summed E-state index contributed by atoms with van der Waals surface area (Å²) >= 11 is 0. The van der Waals surface area contributed by atoms with Crippen LogP contribution in [0.5, 0.6) is 0 Å². The van der Waals surface area contributed by atoms with E-state index in [1.54, 1.807) is 0 Å². The van der Waals surface area contributed by atoms with Gasteiger partial charge >= 0.3 is 5.97 Å². The minimum Gasteiger partial charge on any atom is -0.469 e. The maximum Gasteiger partial charge on any atom is 0.312 e. The lowest BCUT2D eigenvalue weighted by atomic mass is 9.94. The zero-order valence-electron chi connectivity index (χ0n) is 10.5. The van der Waals surface area contributed by atoms with Gasteiger partial charge in [-0.25, -0.2) is 0 Å². The third-order valence-corrected chi connectivity index (χ3v) is 2.19. The van der Waals surface area contributed by atoms with Crippen LogP contribution in [0.1, 0.15) is 20.3 Å². The van der Waals surface area contributed by atoms with E-state index in [1.165, 1.54) is 7.11 Å². The molecule has 0 saturated carbocycles. The molecule has 4 heteroatoms. The molecule has 0 bridgehead atoms. The summed E-state index contributed by atoms with van der Waals surface area (Å²) in [4.78, 5) is 11.3. The number of hydrogen-bond acceptors (Lipinski definition) is 4. The van der Waals surface area contributed by atoms with Crippen LogP contribution in [0.3, 0.4) is 0 Å². The Labute approximate surface area is 98.0 Å².